The maximum absolute atomic E-state index is 5.65. The molecule has 0 fully saturated rings. The van der Waals surface area contributed by atoms with E-state index in [2.05, 4.69) is 34.2 Å². The first-order valence-corrected chi connectivity index (χ1v) is 6.45. The van der Waals surface area contributed by atoms with Gasteiger partial charge in [0.2, 0.25) is 0 Å². The Morgan fingerprint density at radius 2 is 2.00 bits per heavy atom. The van der Waals surface area contributed by atoms with Crippen LogP contribution in [-0.2, 0) is 0 Å². The van der Waals surface area contributed by atoms with Gasteiger partial charge < -0.3 is 5.73 Å². The van der Waals surface area contributed by atoms with Gasteiger partial charge in [-0.2, -0.15) is 0 Å². The SMILES string of the molecule is CN=C/C(=C\N)c1ccc2c(c1)ncc1ccccc12. The topological polar surface area (TPSA) is 51.3 Å². The average Bonchev–Trinajstić information content (AvgIpc) is 2.52. The summed E-state index contributed by atoms with van der Waals surface area (Å²) in [6, 6.07) is 14.4. The van der Waals surface area contributed by atoms with Crippen molar-refractivity contribution < 1.29 is 0 Å². The van der Waals surface area contributed by atoms with Gasteiger partial charge >= 0.3 is 0 Å². The van der Waals surface area contributed by atoms with E-state index in [1.54, 1.807) is 19.5 Å². The van der Waals surface area contributed by atoms with Crippen molar-refractivity contribution in [2.75, 3.05) is 7.05 Å². The minimum Gasteiger partial charge on any atom is -0.404 e. The molecule has 0 spiro atoms. The molecule has 1 heterocycles. The molecule has 2 aromatic carbocycles. The van der Waals surface area contributed by atoms with Crippen molar-refractivity contribution in [3.05, 3.63) is 60.4 Å². The van der Waals surface area contributed by atoms with Crippen LogP contribution < -0.4 is 5.73 Å². The lowest BCUT2D eigenvalue weighted by Crippen LogP contribution is -1.92. The number of hydrogen-bond donors (Lipinski definition) is 1. The maximum Gasteiger partial charge on any atom is 0.0714 e. The van der Waals surface area contributed by atoms with Gasteiger partial charge in [-0.05, 0) is 17.0 Å². The van der Waals surface area contributed by atoms with Crippen LogP contribution in [0.25, 0.3) is 27.2 Å². The smallest absolute Gasteiger partial charge is 0.0714 e. The number of aromatic nitrogens is 1. The Balaban J connectivity index is 2.25. The third-order valence-electron chi connectivity index (χ3n) is 3.37. The molecule has 0 aliphatic rings. The molecule has 0 saturated heterocycles. The summed E-state index contributed by atoms with van der Waals surface area (Å²) in [6.45, 7) is 0. The second-order valence-corrected chi connectivity index (χ2v) is 4.59. The summed E-state index contributed by atoms with van der Waals surface area (Å²) in [5, 5.41) is 3.51. The number of fused-ring (bicyclic) bond motifs is 3. The van der Waals surface area contributed by atoms with E-state index in [-0.39, 0.29) is 0 Å². The Bertz CT molecular complexity index is 832. The van der Waals surface area contributed by atoms with Crippen LogP contribution in [0.3, 0.4) is 0 Å². The Morgan fingerprint density at radius 3 is 2.80 bits per heavy atom. The zero-order valence-corrected chi connectivity index (χ0v) is 11.2. The lowest BCUT2D eigenvalue weighted by atomic mass is 10.0. The number of pyridine rings is 1. The van der Waals surface area contributed by atoms with E-state index < -0.39 is 0 Å². The highest BCUT2D eigenvalue weighted by Crippen LogP contribution is 2.25. The van der Waals surface area contributed by atoms with Crippen LogP contribution in [0.1, 0.15) is 5.56 Å². The molecule has 3 aromatic rings. The quantitative estimate of drug-likeness (QED) is 0.568. The van der Waals surface area contributed by atoms with Gasteiger partial charge in [-0.1, -0.05) is 36.4 Å². The molecule has 0 bridgehead atoms. The summed E-state index contributed by atoms with van der Waals surface area (Å²) in [5.74, 6) is 0. The van der Waals surface area contributed by atoms with Crippen molar-refractivity contribution in [1.82, 2.24) is 4.98 Å². The molecule has 0 atom stereocenters. The van der Waals surface area contributed by atoms with E-state index in [0.29, 0.717) is 0 Å². The molecule has 0 saturated carbocycles. The standard InChI is InChI=1S/C17H15N3/c1-19-10-14(9-18)12-6-7-16-15-5-3-2-4-13(15)11-20-17(16)8-12/h2-11H,18H2,1H3/b14-9+,19-10?. The summed E-state index contributed by atoms with van der Waals surface area (Å²) in [6.07, 6.45) is 5.22. The number of rotatable bonds is 2. The van der Waals surface area contributed by atoms with Gasteiger partial charge in [0.1, 0.15) is 0 Å². The number of allylic oxidation sites excluding steroid dienone is 1. The lowest BCUT2D eigenvalue weighted by Gasteiger charge is -2.06. The first-order valence-electron chi connectivity index (χ1n) is 6.45. The van der Waals surface area contributed by atoms with Crippen LogP contribution >= 0.6 is 0 Å². The molecule has 0 amide bonds. The predicted molar refractivity (Wildman–Crippen MR) is 85.8 cm³/mol. The van der Waals surface area contributed by atoms with Crippen LogP contribution in [0.5, 0.6) is 0 Å². The molecule has 1 aromatic heterocycles. The van der Waals surface area contributed by atoms with Gasteiger partial charge in [0.15, 0.2) is 0 Å². The molecule has 0 aliphatic carbocycles. The first-order chi connectivity index (χ1) is 9.83. The van der Waals surface area contributed by atoms with Crippen molar-refractivity contribution in [3.63, 3.8) is 0 Å². The third kappa shape index (κ3) is 2.03. The molecule has 0 aliphatic heterocycles. The Labute approximate surface area is 117 Å². The Hall–Kier alpha value is -2.68. The highest BCUT2D eigenvalue weighted by atomic mass is 14.7. The molecule has 2 N–H and O–H groups in total. The number of nitrogens with two attached hydrogens (primary N) is 1. The number of aliphatic imine (C=N–C) groups is 1. The molecule has 3 nitrogen and oxygen atoms in total. The van der Waals surface area contributed by atoms with E-state index in [1.807, 2.05) is 24.4 Å². The summed E-state index contributed by atoms with van der Waals surface area (Å²) in [5.41, 5.74) is 8.53. The van der Waals surface area contributed by atoms with E-state index in [9.17, 15) is 0 Å². The molecular weight excluding hydrogens is 246 g/mol. The molecule has 0 radical (unpaired) electrons. The van der Waals surface area contributed by atoms with Crippen LogP contribution in [-0.4, -0.2) is 18.2 Å². The predicted octanol–water partition coefficient (Wildman–Crippen LogP) is 3.39. The van der Waals surface area contributed by atoms with Gasteiger partial charge in [-0.3, -0.25) is 9.98 Å². The number of benzene rings is 2. The van der Waals surface area contributed by atoms with Crippen molar-refractivity contribution in [2.45, 2.75) is 0 Å². The number of nitrogens with zero attached hydrogens (tertiary/aromatic N) is 2. The fraction of sp³-hybridized carbons (Fsp3) is 0.0588. The first kappa shape index (κ1) is 12.4. The summed E-state index contributed by atoms with van der Waals surface area (Å²) in [7, 11) is 1.73. The Morgan fingerprint density at radius 1 is 1.15 bits per heavy atom. The van der Waals surface area contributed by atoms with Crippen molar-refractivity contribution in [2.24, 2.45) is 10.7 Å². The van der Waals surface area contributed by atoms with Gasteiger partial charge in [0.05, 0.1) is 5.52 Å². The average molecular weight is 261 g/mol. The fourth-order valence-corrected chi connectivity index (χ4v) is 2.39. The molecule has 20 heavy (non-hydrogen) atoms. The fourth-order valence-electron chi connectivity index (χ4n) is 2.39. The monoisotopic (exact) mass is 261 g/mol. The highest BCUT2D eigenvalue weighted by molar-refractivity contribution is 6.12. The minimum absolute atomic E-state index is 0.893. The molecule has 3 rings (SSSR count). The Kier molecular flexibility index (Phi) is 3.17. The van der Waals surface area contributed by atoms with Crippen molar-refractivity contribution >= 4 is 33.5 Å². The third-order valence-corrected chi connectivity index (χ3v) is 3.37. The largest absolute Gasteiger partial charge is 0.404 e. The van der Waals surface area contributed by atoms with E-state index in [4.69, 9.17) is 5.73 Å². The van der Waals surface area contributed by atoms with Gasteiger partial charge in [0, 0.05) is 42.0 Å². The van der Waals surface area contributed by atoms with E-state index >= 15 is 0 Å². The van der Waals surface area contributed by atoms with Gasteiger partial charge in [-0.25, -0.2) is 0 Å². The lowest BCUT2D eigenvalue weighted by molar-refractivity contribution is 1.43. The summed E-state index contributed by atoms with van der Waals surface area (Å²) < 4.78 is 0. The van der Waals surface area contributed by atoms with Crippen LogP contribution in [0.2, 0.25) is 0 Å². The second-order valence-electron chi connectivity index (χ2n) is 4.59. The molecule has 98 valence electrons. The zero-order chi connectivity index (χ0) is 13.9. The molecule has 3 heteroatoms. The van der Waals surface area contributed by atoms with Gasteiger partial charge in [-0.15, -0.1) is 0 Å². The highest BCUT2D eigenvalue weighted by Gasteiger charge is 2.04. The summed E-state index contributed by atoms with van der Waals surface area (Å²) in [4.78, 5) is 8.55. The normalized spacial score (nSPS) is 12.6. The van der Waals surface area contributed by atoms with E-state index in [1.165, 1.54) is 5.39 Å². The molecular formula is C17H15N3. The van der Waals surface area contributed by atoms with Crippen LogP contribution in [0.4, 0.5) is 0 Å². The van der Waals surface area contributed by atoms with Crippen LogP contribution in [0, 0.1) is 0 Å². The van der Waals surface area contributed by atoms with E-state index in [0.717, 1.165) is 27.4 Å². The summed E-state index contributed by atoms with van der Waals surface area (Å²) >= 11 is 0. The number of hydrogen-bond acceptors (Lipinski definition) is 3. The zero-order valence-electron chi connectivity index (χ0n) is 11.2. The maximum atomic E-state index is 5.65. The van der Waals surface area contributed by atoms with Crippen molar-refractivity contribution in [3.8, 4) is 0 Å². The van der Waals surface area contributed by atoms with Gasteiger partial charge in [0.25, 0.3) is 0 Å². The van der Waals surface area contributed by atoms with Crippen molar-refractivity contribution in [1.29, 1.82) is 0 Å². The van der Waals surface area contributed by atoms with Crippen LogP contribution in [0.15, 0.2) is 59.9 Å². The second kappa shape index (κ2) is 5.13. The molecule has 0 unspecified atom stereocenters. The minimum atomic E-state index is 0.893.